The van der Waals surface area contributed by atoms with Gasteiger partial charge in [-0.25, -0.2) is 4.98 Å². The average molecular weight is 290 g/mol. The van der Waals surface area contributed by atoms with Crippen molar-refractivity contribution in [2.45, 2.75) is 20.4 Å². The second-order valence-corrected chi connectivity index (χ2v) is 5.73. The highest BCUT2D eigenvalue weighted by molar-refractivity contribution is 7.09. The standard InChI is InChI=1S/C14H18N4OS/c1-9-7-10(2)16-14(12(9)13(15)17-19)18(3)8-11-5-4-6-20-11/h4-7,19H,8H2,1-3H3,(H2,15,17). The Balaban J connectivity index is 2.43. The molecule has 0 aliphatic heterocycles. The summed E-state index contributed by atoms with van der Waals surface area (Å²) in [6.07, 6.45) is 0. The van der Waals surface area contributed by atoms with Crippen LogP contribution in [0.3, 0.4) is 0 Å². The largest absolute Gasteiger partial charge is 0.409 e. The molecule has 3 N–H and O–H groups in total. The van der Waals surface area contributed by atoms with E-state index < -0.39 is 0 Å². The maximum atomic E-state index is 8.96. The second-order valence-electron chi connectivity index (χ2n) is 4.70. The first-order valence-corrected chi connectivity index (χ1v) is 7.10. The number of oxime groups is 1. The molecule has 0 saturated carbocycles. The van der Waals surface area contributed by atoms with E-state index in [1.165, 1.54) is 4.88 Å². The molecule has 0 saturated heterocycles. The molecule has 0 aliphatic rings. The Morgan fingerprint density at radius 1 is 1.50 bits per heavy atom. The van der Waals surface area contributed by atoms with E-state index in [-0.39, 0.29) is 5.84 Å². The summed E-state index contributed by atoms with van der Waals surface area (Å²) in [6.45, 7) is 4.61. The van der Waals surface area contributed by atoms with E-state index in [0.717, 1.165) is 23.6 Å². The molecule has 0 spiro atoms. The molecular weight excluding hydrogens is 272 g/mol. The Morgan fingerprint density at radius 3 is 2.85 bits per heavy atom. The van der Waals surface area contributed by atoms with Crippen molar-refractivity contribution < 1.29 is 5.21 Å². The second kappa shape index (κ2) is 5.92. The number of nitrogens with two attached hydrogens (primary N) is 1. The van der Waals surface area contributed by atoms with E-state index in [2.05, 4.69) is 16.2 Å². The first kappa shape index (κ1) is 14.3. The molecule has 0 atom stereocenters. The Bertz CT molecular complexity index is 622. The normalized spacial score (nSPS) is 11.7. The van der Waals surface area contributed by atoms with Gasteiger partial charge in [0, 0.05) is 17.6 Å². The third-order valence-corrected chi connectivity index (χ3v) is 3.89. The fourth-order valence-corrected chi connectivity index (χ4v) is 2.93. The molecule has 5 nitrogen and oxygen atoms in total. The lowest BCUT2D eigenvalue weighted by Crippen LogP contribution is -2.25. The zero-order valence-electron chi connectivity index (χ0n) is 11.8. The number of rotatable bonds is 4. The SMILES string of the molecule is Cc1cc(C)c(/C(N)=N/O)c(N(C)Cc2cccs2)n1. The lowest BCUT2D eigenvalue weighted by Gasteiger charge is -2.22. The van der Waals surface area contributed by atoms with Gasteiger partial charge in [0.25, 0.3) is 0 Å². The maximum absolute atomic E-state index is 8.96. The van der Waals surface area contributed by atoms with E-state index in [0.29, 0.717) is 5.56 Å². The monoisotopic (exact) mass is 290 g/mol. The number of hydrogen-bond acceptors (Lipinski definition) is 5. The van der Waals surface area contributed by atoms with E-state index >= 15 is 0 Å². The predicted octanol–water partition coefficient (Wildman–Crippen LogP) is 2.49. The van der Waals surface area contributed by atoms with Gasteiger partial charge >= 0.3 is 0 Å². The van der Waals surface area contributed by atoms with E-state index in [1.807, 2.05) is 43.3 Å². The lowest BCUT2D eigenvalue weighted by atomic mass is 10.1. The van der Waals surface area contributed by atoms with Crippen molar-refractivity contribution in [2.24, 2.45) is 10.9 Å². The van der Waals surface area contributed by atoms with Crippen LogP contribution in [0.1, 0.15) is 21.7 Å². The Morgan fingerprint density at radius 2 is 2.25 bits per heavy atom. The van der Waals surface area contributed by atoms with Crippen LogP contribution in [0.4, 0.5) is 5.82 Å². The van der Waals surface area contributed by atoms with Gasteiger partial charge in [-0.1, -0.05) is 11.2 Å². The van der Waals surface area contributed by atoms with Crippen molar-refractivity contribution >= 4 is 23.0 Å². The highest BCUT2D eigenvalue weighted by atomic mass is 32.1. The Labute approximate surface area is 122 Å². The topological polar surface area (TPSA) is 74.7 Å². The van der Waals surface area contributed by atoms with Crippen LogP contribution in [-0.2, 0) is 6.54 Å². The summed E-state index contributed by atoms with van der Waals surface area (Å²) >= 11 is 1.69. The summed E-state index contributed by atoms with van der Waals surface area (Å²) < 4.78 is 0. The average Bonchev–Trinajstić information content (AvgIpc) is 2.89. The molecule has 0 unspecified atom stereocenters. The van der Waals surface area contributed by atoms with E-state index in [4.69, 9.17) is 10.9 Å². The van der Waals surface area contributed by atoms with Crippen LogP contribution in [0.5, 0.6) is 0 Å². The summed E-state index contributed by atoms with van der Waals surface area (Å²) in [7, 11) is 1.95. The summed E-state index contributed by atoms with van der Waals surface area (Å²) in [5.74, 6) is 0.814. The number of aryl methyl sites for hydroxylation is 2. The summed E-state index contributed by atoms with van der Waals surface area (Å²) in [4.78, 5) is 7.79. The number of pyridine rings is 1. The molecule has 2 aromatic rings. The molecule has 0 aliphatic carbocycles. The molecule has 2 heterocycles. The molecule has 2 aromatic heterocycles. The van der Waals surface area contributed by atoms with E-state index in [1.54, 1.807) is 11.3 Å². The number of amidine groups is 1. The van der Waals surface area contributed by atoms with Crippen molar-refractivity contribution in [2.75, 3.05) is 11.9 Å². The van der Waals surface area contributed by atoms with Crippen LogP contribution in [0.2, 0.25) is 0 Å². The molecule has 6 heteroatoms. The van der Waals surface area contributed by atoms with Crippen LogP contribution >= 0.6 is 11.3 Å². The first-order valence-electron chi connectivity index (χ1n) is 6.22. The number of nitrogens with zero attached hydrogens (tertiary/aromatic N) is 3. The van der Waals surface area contributed by atoms with Gasteiger partial charge in [0.05, 0.1) is 12.1 Å². The smallest absolute Gasteiger partial charge is 0.174 e. The molecule has 0 amide bonds. The molecule has 0 bridgehead atoms. The fraction of sp³-hybridized carbons (Fsp3) is 0.286. The minimum atomic E-state index is 0.0861. The van der Waals surface area contributed by atoms with Crippen molar-refractivity contribution in [3.05, 3.63) is 45.3 Å². The van der Waals surface area contributed by atoms with Crippen LogP contribution in [0.15, 0.2) is 28.7 Å². The van der Waals surface area contributed by atoms with Gasteiger partial charge in [-0.05, 0) is 36.9 Å². The minimum absolute atomic E-state index is 0.0861. The predicted molar refractivity (Wildman–Crippen MR) is 82.6 cm³/mol. The van der Waals surface area contributed by atoms with Gasteiger partial charge < -0.3 is 15.8 Å². The number of aromatic nitrogens is 1. The highest BCUT2D eigenvalue weighted by Gasteiger charge is 2.17. The van der Waals surface area contributed by atoms with Crippen LogP contribution in [-0.4, -0.2) is 23.1 Å². The zero-order valence-corrected chi connectivity index (χ0v) is 12.6. The number of anilines is 1. The third kappa shape index (κ3) is 2.91. The molecule has 0 radical (unpaired) electrons. The number of hydrogen-bond donors (Lipinski definition) is 2. The molecule has 0 fully saturated rings. The number of thiophene rings is 1. The van der Waals surface area contributed by atoms with Crippen LogP contribution in [0.25, 0.3) is 0 Å². The Kier molecular flexibility index (Phi) is 4.24. The molecule has 0 aromatic carbocycles. The Hall–Kier alpha value is -2.08. The summed E-state index contributed by atoms with van der Waals surface area (Å²) in [5, 5.41) is 14.1. The maximum Gasteiger partial charge on any atom is 0.174 e. The van der Waals surface area contributed by atoms with Crippen molar-refractivity contribution in [3.63, 3.8) is 0 Å². The lowest BCUT2D eigenvalue weighted by molar-refractivity contribution is 0.318. The van der Waals surface area contributed by atoms with E-state index in [9.17, 15) is 0 Å². The van der Waals surface area contributed by atoms with Gasteiger partial charge in [0.1, 0.15) is 5.82 Å². The zero-order chi connectivity index (χ0) is 14.7. The van der Waals surface area contributed by atoms with Crippen molar-refractivity contribution in [1.29, 1.82) is 0 Å². The quantitative estimate of drug-likeness (QED) is 0.392. The van der Waals surface area contributed by atoms with Crippen molar-refractivity contribution in [1.82, 2.24) is 4.98 Å². The molecule has 106 valence electrons. The first-order chi connectivity index (χ1) is 9.52. The highest BCUT2D eigenvalue weighted by Crippen LogP contribution is 2.24. The molecule has 20 heavy (non-hydrogen) atoms. The van der Waals surface area contributed by atoms with Gasteiger partial charge in [0.2, 0.25) is 0 Å². The minimum Gasteiger partial charge on any atom is -0.409 e. The fourth-order valence-electron chi connectivity index (χ4n) is 2.17. The van der Waals surface area contributed by atoms with Gasteiger partial charge in [-0.2, -0.15) is 0 Å². The summed E-state index contributed by atoms with van der Waals surface area (Å²) in [6, 6.07) is 6.02. The van der Waals surface area contributed by atoms with Gasteiger partial charge in [0.15, 0.2) is 5.84 Å². The molecular formula is C14H18N4OS. The summed E-state index contributed by atoms with van der Waals surface area (Å²) in [5.41, 5.74) is 8.32. The van der Waals surface area contributed by atoms with Crippen LogP contribution < -0.4 is 10.6 Å². The van der Waals surface area contributed by atoms with Gasteiger partial charge in [-0.15, -0.1) is 11.3 Å². The van der Waals surface area contributed by atoms with Gasteiger partial charge in [-0.3, -0.25) is 0 Å². The molecule has 2 rings (SSSR count). The van der Waals surface area contributed by atoms with Crippen LogP contribution in [0, 0.1) is 13.8 Å². The van der Waals surface area contributed by atoms with Crippen molar-refractivity contribution in [3.8, 4) is 0 Å². The third-order valence-electron chi connectivity index (χ3n) is 3.02.